The zero-order chi connectivity index (χ0) is 14.3. The third-order valence-electron chi connectivity index (χ3n) is 2.98. The molecule has 0 aliphatic rings. The molecule has 3 rings (SSSR count). The first-order valence-electron chi connectivity index (χ1n) is 5.87. The van der Waals surface area contributed by atoms with E-state index in [4.69, 9.17) is 4.42 Å². The molecule has 0 spiro atoms. The molecule has 0 aliphatic heterocycles. The highest BCUT2D eigenvalue weighted by Crippen LogP contribution is 2.37. The minimum absolute atomic E-state index is 0.350. The van der Waals surface area contributed by atoms with Gasteiger partial charge in [0.05, 0.1) is 15.7 Å². The lowest BCUT2D eigenvalue weighted by atomic mass is 10.1. The average Bonchev–Trinajstić information content (AvgIpc) is 2.77. The van der Waals surface area contributed by atoms with E-state index in [9.17, 15) is 8.60 Å². The molecule has 0 aliphatic carbocycles. The minimum Gasteiger partial charge on any atom is -0.455 e. The zero-order valence-corrected chi connectivity index (χ0v) is 12.9. The van der Waals surface area contributed by atoms with Crippen molar-refractivity contribution in [3.05, 3.63) is 52.8 Å². The van der Waals surface area contributed by atoms with Gasteiger partial charge in [-0.1, -0.05) is 28.1 Å². The number of hydrogen-bond acceptors (Lipinski definition) is 2. The summed E-state index contributed by atoms with van der Waals surface area (Å²) in [6, 6.07) is 11.6. The van der Waals surface area contributed by atoms with Crippen LogP contribution >= 0.6 is 15.9 Å². The lowest BCUT2D eigenvalue weighted by Crippen LogP contribution is -1.89. The van der Waals surface area contributed by atoms with Crippen molar-refractivity contribution in [1.82, 2.24) is 0 Å². The fourth-order valence-corrected chi connectivity index (χ4v) is 3.40. The van der Waals surface area contributed by atoms with Crippen molar-refractivity contribution >= 4 is 37.7 Å². The topological polar surface area (TPSA) is 30.2 Å². The first-order valence-corrected chi connectivity index (χ1v) is 8.23. The van der Waals surface area contributed by atoms with E-state index in [0.717, 1.165) is 9.86 Å². The summed E-state index contributed by atoms with van der Waals surface area (Å²) in [6.07, 6.45) is 1.59. The molecule has 0 amide bonds. The summed E-state index contributed by atoms with van der Waals surface area (Å²) in [5, 5.41) is 0.777. The highest BCUT2D eigenvalue weighted by molar-refractivity contribution is 9.10. The van der Waals surface area contributed by atoms with Gasteiger partial charge in [0.25, 0.3) is 0 Å². The van der Waals surface area contributed by atoms with E-state index in [1.165, 1.54) is 12.1 Å². The SMILES string of the molecule is CS(=O)c1c(-c2cccc(F)c2)oc2ccc(Br)cc12. The Morgan fingerprint density at radius 1 is 1.20 bits per heavy atom. The third kappa shape index (κ3) is 2.31. The van der Waals surface area contributed by atoms with Gasteiger partial charge < -0.3 is 4.42 Å². The van der Waals surface area contributed by atoms with Crippen LogP contribution in [0.4, 0.5) is 4.39 Å². The maximum atomic E-state index is 13.4. The largest absolute Gasteiger partial charge is 0.455 e. The molecule has 0 radical (unpaired) electrons. The Morgan fingerprint density at radius 3 is 2.70 bits per heavy atom. The number of furan rings is 1. The summed E-state index contributed by atoms with van der Waals surface area (Å²) in [5.41, 5.74) is 1.22. The smallest absolute Gasteiger partial charge is 0.151 e. The predicted molar refractivity (Wildman–Crippen MR) is 81.6 cm³/mol. The minimum atomic E-state index is -1.24. The van der Waals surface area contributed by atoms with Crippen molar-refractivity contribution in [2.75, 3.05) is 6.26 Å². The van der Waals surface area contributed by atoms with Crippen LogP contribution in [-0.4, -0.2) is 10.5 Å². The van der Waals surface area contributed by atoms with Crippen molar-refractivity contribution in [3.8, 4) is 11.3 Å². The summed E-state index contributed by atoms with van der Waals surface area (Å²) >= 11 is 3.39. The molecule has 0 bridgehead atoms. The Hall–Kier alpha value is -1.46. The Morgan fingerprint density at radius 2 is 2.00 bits per heavy atom. The normalized spacial score (nSPS) is 12.8. The van der Waals surface area contributed by atoms with Crippen LogP contribution in [0.25, 0.3) is 22.3 Å². The van der Waals surface area contributed by atoms with Crippen LogP contribution in [0.2, 0.25) is 0 Å². The van der Waals surface area contributed by atoms with E-state index in [0.29, 0.717) is 21.8 Å². The summed E-state index contributed by atoms with van der Waals surface area (Å²) in [6.45, 7) is 0. The summed E-state index contributed by atoms with van der Waals surface area (Å²) < 4.78 is 32.1. The maximum Gasteiger partial charge on any atom is 0.151 e. The van der Waals surface area contributed by atoms with Gasteiger partial charge in [0, 0.05) is 21.7 Å². The quantitative estimate of drug-likeness (QED) is 0.666. The Kier molecular flexibility index (Phi) is 3.48. The molecular weight excluding hydrogens is 343 g/mol. The Balaban J connectivity index is 2.35. The van der Waals surface area contributed by atoms with Crippen LogP contribution in [0.1, 0.15) is 0 Å². The zero-order valence-electron chi connectivity index (χ0n) is 10.5. The fourth-order valence-electron chi connectivity index (χ4n) is 2.15. The third-order valence-corrected chi connectivity index (χ3v) is 4.45. The van der Waals surface area contributed by atoms with Crippen LogP contribution in [0.15, 0.2) is 56.2 Å². The molecule has 0 fully saturated rings. The molecule has 3 aromatic rings. The number of halogens is 2. The molecule has 1 heterocycles. The van der Waals surface area contributed by atoms with Crippen LogP contribution in [0.5, 0.6) is 0 Å². The van der Waals surface area contributed by atoms with Gasteiger partial charge in [0.1, 0.15) is 11.4 Å². The van der Waals surface area contributed by atoms with Gasteiger partial charge in [-0.2, -0.15) is 0 Å². The highest BCUT2D eigenvalue weighted by Gasteiger charge is 2.19. The summed E-state index contributed by atoms with van der Waals surface area (Å²) in [5.74, 6) is 0.107. The van der Waals surface area contributed by atoms with Crippen LogP contribution < -0.4 is 0 Å². The van der Waals surface area contributed by atoms with E-state index in [1.807, 2.05) is 12.1 Å². The van der Waals surface area contributed by atoms with Crippen molar-refractivity contribution < 1.29 is 13.0 Å². The van der Waals surface area contributed by atoms with Crippen LogP contribution in [-0.2, 0) is 10.8 Å². The Bertz CT molecular complexity index is 826. The second kappa shape index (κ2) is 5.14. The van der Waals surface area contributed by atoms with E-state index >= 15 is 0 Å². The van der Waals surface area contributed by atoms with E-state index in [2.05, 4.69) is 15.9 Å². The lowest BCUT2D eigenvalue weighted by Gasteiger charge is -2.00. The number of fused-ring (bicyclic) bond motifs is 1. The van der Waals surface area contributed by atoms with E-state index < -0.39 is 10.8 Å². The molecule has 0 saturated heterocycles. The number of benzene rings is 2. The molecule has 1 unspecified atom stereocenters. The second-order valence-electron chi connectivity index (χ2n) is 4.37. The number of hydrogen-bond donors (Lipinski definition) is 0. The standard InChI is InChI=1S/C15H10BrFO2S/c1-20(18)15-12-8-10(16)5-6-13(12)19-14(15)9-3-2-4-11(17)7-9/h2-8H,1H3. The summed E-state index contributed by atoms with van der Waals surface area (Å²) in [7, 11) is -1.24. The molecule has 1 atom stereocenters. The highest BCUT2D eigenvalue weighted by atomic mass is 79.9. The van der Waals surface area contributed by atoms with Gasteiger partial charge in [-0.15, -0.1) is 0 Å². The molecule has 2 aromatic carbocycles. The van der Waals surface area contributed by atoms with Crippen LogP contribution in [0.3, 0.4) is 0 Å². The molecule has 102 valence electrons. The fraction of sp³-hybridized carbons (Fsp3) is 0.0667. The van der Waals surface area contributed by atoms with Gasteiger partial charge >= 0.3 is 0 Å². The average molecular weight is 353 g/mol. The first-order chi connectivity index (χ1) is 9.56. The van der Waals surface area contributed by atoms with Gasteiger partial charge in [-0.3, -0.25) is 4.21 Å². The molecular formula is C15H10BrFO2S. The van der Waals surface area contributed by atoms with E-state index in [-0.39, 0.29) is 5.82 Å². The summed E-state index contributed by atoms with van der Waals surface area (Å²) in [4.78, 5) is 0.590. The monoisotopic (exact) mass is 352 g/mol. The van der Waals surface area contributed by atoms with Gasteiger partial charge in [0.2, 0.25) is 0 Å². The molecule has 1 aromatic heterocycles. The second-order valence-corrected chi connectivity index (χ2v) is 6.60. The molecule has 5 heteroatoms. The van der Waals surface area contributed by atoms with Gasteiger partial charge in [0.15, 0.2) is 5.76 Å². The van der Waals surface area contributed by atoms with Crippen molar-refractivity contribution in [2.45, 2.75) is 4.90 Å². The first kappa shape index (κ1) is 13.5. The van der Waals surface area contributed by atoms with Gasteiger partial charge in [-0.05, 0) is 30.3 Å². The predicted octanol–water partition coefficient (Wildman–Crippen LogP) is 4.74. The molecule has 0 saturated carbocycles. The van der Waals surface area contributed by atoms with E-state index in [1.54, 1.807) is 24.5 Å². The van der Waals surface area contributed by atoms with Crippen molar-refractivity contribution in [3.63, 3.8) is 0 Å². The Labute approximate surface area is 126 Å². The molecule has 0 N–H and O–H groups in total. The van der Waals surface area contributed by atoms with Crippen molar-refractivity contribution in [2.24, 2.45) is 0 Å². The van der Waals surface area contributed by atoms with Gasteiger partial charge in [-0.25, -0.2) is 4.39 Å². The lowest BCUT2D eigenvalue weighted by molar-refractivity contribution is 0.613. The molecule has 2 nitrogen and oxygen atoms in total. The van der Waals surface area contributed by atoms with Crippen molar-refractivity contribution in [1.29, 1.82) is 0 Å². The maximum absolute atomic E-state index is 13.4. The number of rotatable bonds is 2. The van der Waals surface area contributed by atoms with Crippen LogP contribution in [0, 0.1) is 5.82 Å². The molecule has 20 heavy (non-hydrogen) atoms.